The van der Waals surface area contributed by atoms with Crippen LogP contribution in [-0.2, 0) is 22.6 Å². The van der Waals surface area contributed by atoms with Gasteiger partial charge in [-0.1, -0.05) is 6.07 Å². The first-order valence-electron chi connectivity index (χ1n) is 10.3. The lowest BCUT2D eigenvalue weighted by molar-refractivity contribution is -0.123. The summed E-state index contributed by atoms with van der Waals surface area (Å²) < 4.78 is 16.1. The number of cyclic esters (lactones) is 1. The van der Waals surface area contributed by atoms with E-state index in [-0.39, 0.29) is 17.7 Å². The Bertz CT molecular complexity index is 1030. The molecule has 2 aromatic carbocycles. The third-order valence-corrected chi connectivity index (χ3v) is 5.88. The fourth-order valence-corrected chi connectivity index (χ4v) is 4.03. The van der Waals surface area contributed by atoms with Crippen LogP contribution in [0.4, 0.5) is 0 Å². The Kier molecular flexibility index (Phi) is 6.19. The number of nitrogens with zero attached hydrogens (tertiary/aromatic N) is 2. The van der Waals surface area contributed by atoms with Crippen LogP contribution in [0.3, 0.4) is 0 Å². The summed E-state index contributed by atoms with van der Waals surface area (Å²) in [5.41, 5.74) is 2.79. The van der Waals surface area contributed by atoms with Gasteiger partial charge in [-0.3, -0.25) is 9.69 Å². The first kappa shape index (κ1) is 20.9. The van der Waals surface area contributed by atoms with Crippen LogP contribution in [0.1, 0.15) is 39.9 Å². The molecule has 0 spiro atoms. The summed E-state index contributed by atoms with van der Waals surface area (Å²) in [7, 11) is 1.52. The van der Waals surface area contributed by atoms with Crippen molar-refractivity contribution in [3.63, 3.8) is 0 Å². The Morgan fingerprint density at radius 1 is 1.23 bits per heavy atom. The highest BCUT2D eigenvalue weighted by Crippen LogP contribution is 2.26. The molecule has 2 aromatic rings. The fraction of sp³-hybridized carbons (Fsp3) is 0.375. The number of ketones is 1. The van der Waals surface area contributed by atoms with Gasteiger partial charge in [-0.25, -0.2) is 4.79 Å². The fourth-order valence-electron chi connectivity index (χ4n) is 4.03. The summed E-state index contributed by atoms with van der Waals surface area (Å²) in [6, 6.07) is 12.7. The van der Waals surface area contributed by atoms with Gasteiger partial charge < -0.3 is 14.2 Å². The summed E-state index contributed by atoms with van der Waals surface area (Å²) in [6.07, 6.45) is 1.93. The number of hydrogen-bond donors (Lipinski definition) is 0. The van der Waals surface area contributed by atoms with Gasteiger partial charge in [-0.15, -0.1) is 0 Å². The van der Waals surface area contributed by atoms with Gasteiger partial charge in [0.2, 0.25) is 0 Å². The third-order valence-electron chi connectivity index (χ3n) is 5.88. The van der Waals surface area contributed by atoms with Crippen LogP contribution in [0.5, 0.6) is 11.5 Å². The first-order valence-corrected chi connectivity index (χ1v) is 10.3. The Hall–Kier alpha value is -3.37. The number of nitriles is 1. The highest BCUT2D eigenvalue weighted by atomic mass is 16.5. The molecular formula is C24H24N2O5. The molecule has 160 valence electrons. The molecule has 2 aliphatic rings. The minimum atomic E-state index is -0.284. The van der Waals surface area contributed by atoms with Crippen LogP contribution in [0.25, 0.3) is 0 Å². The predicted octanol–water partition coefficient (Wildman–Crippen LogP) is 3.10. The van der Waals surface area contributed by atoms with Gasteiger partial charge in [0, 0.05) is 31.0 Å². The van der Waals surface area contributed by atoms with Crippen LogP contribution in [0.15, 0.2) is 36.4 Å². The second kappa shape index (κ2) is 9.19. The molecule has 2 heterocycles. The lowest BCUT2D eigenvalue weighted by atomic mass is 9.89. The lowest BCUT2D eigenvalue weighted by Crippen LogP contribution is -2.38. The van der Waals surface area contributed by atoms with E-state index in [2.05, 4.69) is 11.0 Å². The van der Waals surface area contributed by atoms with Crippen LogP contribution >= 0.6 is 0 Å². The van der Waals surface area contributed by atoms with E-state index >= 15 is 0 Å². The SMILES string of the molecule is COc1cc(CC(=O)C2CCN(COc3ccc4c(c3)COC4=O)CC2)ccc1C#N. The van der Waals surface area contributed by atoms with Crippen molar-refractivity contribution in [2.24, 2.45) is 5.92 Å². The zero-order chi connectivity index (χ0) is 21.8. The molecule has 2 aliphatic heterocycles. The molecule has 0 aromatic heterocycles. The molecule has 0 radical (unpaired) electrons. The summed E-state index contributed by atoms with van der Waals surface area (Å²) in [5, 5.41) is 9.09. The normalized spacial score (nSPS) is 16.3. The molecule has 0 amide bonds. The maximum Gasteiger partial charge on any atom is 0.338 e. The molecule has 0 bridgehead atoms. The average Bonchev–Trinajstić information content (AvgIpc) is 3.18. The number of methoxy groups -OCH3 is 1. The van der Waals surface area contributed by atoms with Gasteiger partial charge in [-0.2, -0.15) is 5.26 Å². The molecule has 0 atom stereocenters. The van der Waals surface area contributed by atoms with E-state index in [1.807, 2.05) is 12.1 Å². The number of esters is 1. The van der Waals surface area contributed by atoms with Gasteiger partial charge >= 0.3 is 5.97 Å². The molecule has 7 heteroatoms. The lowest BCUT2D eigenvalue weighted by Gasteiger charge is -2.31. The van der Waals surface area contributed by atoms with Crippen molar-refractivity contribution in [1.82, 2.24) is 4.90 Å². The summed E-state index contributed by atoms with van der Waals surface area (Å²) in [6.45, 7) is 2.32. The number of fused-ring (bicyclic) bond motifs is 1. The van der Waals surface area contributed by atoms with Crippen molar-refractivity contribution < 1.29 is 23.8 Å². The predicted molar refractivity (Wildman–Crippen MR) is 112 cm³/mol. The minimum absolute atomic E-state index is 0.0287. The number of likely N-dealkylation sites (tertiary alicyclic amines) is 1. The van der Waals surface area contributed by atoms with Gasteiger partial charge in [0.15, 0.2) is 0 Å². The Morgan fingerprint density at radius 3 is 2.77 bits per heavy atom. The van der Waals surface area contributed by atoms with Crippen LogP contribution in [0, 0.1) is 17.2 Å². The highest BCUT2D eigenvalue weighted by molar-refractivity contribution is 5.93. The topological polar surface area (TPSA) is 88.9 Å². The number of rotatable bonds is 7. The Labute approximate surface area is 181 Å². The molecule has 0 unspecified atom stereocenters. The molecule has 0 saturated carbocycles. The number of hydrogen-bond acceptors (Lipinski definition) is 7. The smallest absolute Gasteiger partial charge is 0.338 e. The second-order valence-corrected chi connectivity index (χ2v) is 7.85. The van der Waals surface area contributed by atoms with Gasteiger partial charge in [0.05, 0.1) is 18.2 Å². The molecule has 0 N–H and O–H groups in total. The molecule has 1 saturated heterocycles. The van der Waals surface area contributed by atoms with Gasteiger partial charge in [-0.05, 0) is 48.7 Å². The summed E-state index contributed by atoms with van der Waals surface area (Å²) in [5.74, 6) is 1.18. The van der Waals surface area contributed by atoms with Crippen molar-refractivity contribution >= 4 is 11.8 Å². The highest BCUT2D eigenvalue weighted by Gasteiger charge is 2.26. The Balaban J connectivity index is 1.25. The van der Waals surface area contributed by atoms with Crippen LogP contribution in [0.2, 0.25) is 0 Å². The van der Waals surface area contributed by atoms with E-state index < -0.39 is 0 Å². The van der Waals surface area contributed by atoms with Crippen LogP contribution < -0.4 is 9.47 Å². The Morgan fingerprint density at radius 2 is 2.03 bits per heavy atom. The molecule has 4 rings (SSSR count). The number of ether oxygens (including phenoxy) is 3. The maximum atomic E-state index is 12.7. The quantitative estimate of drug-likeness (QED) is 0.636. The van der Waals surface area contributed by atoms with Crippen molar-refractivity contribution in [3.8, 4) is 17.6 Å². The molecule has 31 heavy (non-hydrogen) atoms. The van der Waals surface area contributed by atoms with Crippen molar-refractivity contribution in [3.05, 3.63) is 58.7 Å². The van der Waals surface area contributed by atoms with Crippen LogP contribution in [-0.4, -0.2) is 43.6 Å². The molecular weight excluding hydrogens is 396 g/mol. The summed E-state index contributed by atoms with van der Waals surface area (Å²) in [4.78, 5) is 26.5. The molecule has 7 nitrogen and oxygen atoms in total. The monoisotopic (exact) mass is 420 g/mol. The second-order valence-electron chi connectivity index (χ2n) is 7.85. The minimum Gasteiger partial charge on any atom is -0.495 e. The average molecular weight is 420 g/mol. The number of Topliss-reactive ketones (excluding diaryl/α,β-unsaturated/α-hetero) is 1. The van der Waals surface area contributed by atoms with E-state index in [0.717, 1.165) is 37.1 Å². The van der Waals surface area contributed by atoms with E-state index in [1.54, 1.807) is 24.3 Å². The number of carbonyl (C=O) groups excluding carboxylic acids is 2. The van der Waals surface area contributed by atoms with Gasteiger partial charge in [0.1, 0.15) is 36.7 Å². The van der Waals surface area contributed by atoms with Crippen molar-refractivity contribution in [1.29, 1.82) is 5.26 Å². The molecule has 1 fully saturated rings. The zero-order valence-corrected chi connectivity index (χ0v) is 17.4. The van der Waals surface area contributed by atoms with E-state index in [9.17, 15) is 9.59 Å². The third kappa shape index (κ3) is 4.70. The van der Waals surface area contributed by atoms with Crippen molar-refractivity contribution in [2.75, 3.05) is 26.9 Å². The number of piperidine rings is 1. The van der Waals surface area contributed by atoms with E-state index in [1.165, 1.54) is 7.11 Å². The first-order chi connectivity index (χ1) is 15.1. The largest absolute Gasteiger partial charge is 0.495 e. The summed E-state index contributed by atoms with van der Waals surface area (Å²) >= 11 is 0. The number of benzene rings is 2. The number of carbonyl (C=O) groups is 2. The van der Waals surface area contributed by atoms with E-state index in [4.69, 9.17) is 19.5 Å². The standard InChI is InChI=1S/C24H24N2O5/c1-29-23-11-16(2-3-18(23)13-25)10-22(27)17-6-8-26(9-7-17)15-31-20-4-5-21-19(12-20)14-30-24(21)28/h2-5,11-12,17H,6-10,14-15H2,1H3. The maximum absolute atomic E-state index is 12.7. The zero-order valence-electron chi connectivity index (χ0n) is 17.4. The van der Waals surface area contributed by atoms with E-state index in [0.29, 0.717) is 42.4 Å². The molecule has 0 aliphatic carbocycles. The van der Waals surface area contributed by atoms with Crippen molar-refractivity contribution in [2.45, 2.75) is 25.9 Å². The van der Waals surface area contributed by atoms with Gasteiger partial charge in [0.25, 0.3) is 0 Å².